The van der Waals surface area contributed by atoms with E-state index in [1.807, 2.05) is 13.8 Å². The molecule has 1 atom stereocenters. The quantitative estimate of drug-likeness (QED) is 0.779. The molecule has 2 rings (SSSR count). The maximum absolute atomic E-state index is 12.3. The van der Waals surface area contributed by atoms with Gasteiger partial charge in [0.15, 0.2) is 0 Å². The summed E-state index contributed by atoms with van der Waals surface area (Å²) < 4.78 is 30.7. The molecule has 0 aromatic carbocycles. The van der Waals surface area contributed by atoms with Gasteiger partial charge < -0.3 is 15.2 Å². The Hall–Kier alpha value is -1.45. The lowest BCUT2D eigenvalue weighted by Gasteiger charge is -2.35. The van der Waals surface area contributed by atoms with Crippen molar-refractivity contribution in [1.82, 2.24) is 14.4 Å². The molecule has 1 aromatic heterocycles. The van der Waals surface area contributed by atoms with Gasteiger partial charge in [0.2, 0.25) is 15.9 Å². The Bertz CT molecular complexity index is 607. The zero-order chi connectivity index (χ0) is 17.0. The second-order valence-corrected chi connectivity index (χ2v) is 8.18. The summed E-state index contributed by atoms with van der Waals surface area (Å²) in [5.74, 6) is 0.0509. The first-order chi connectivity index (χ1) is 10.8. The summed E-state index contributed by atoms with van der Waals surface area (Å²) in [6, 6.07) is 1.01. The Kier molecular flexibility index (Phi) is 5.77. The van der Waals surface area contributed by atoms with E-state index in [4.69, 9.17) is 5.73 Å². The van der Waals surface area contributed by atoms with Crippen molar-refractivity contribution in [3.05, 3.63) is 18.0 Å². The first-order valence-electron chi connectivity index (χ1n) is 7.71. The van der Waals surface area contributed by atoms with Crippen molar-refractivity contribution < 1.29 is 17.7 Å². The number of carbonyl (C=O) groups excluding carboxylic acids is 1. The Morgan fingerprint density at radius 1 is 1.35 bits per heavy atom. The van der Waals surface area contributed by atoms with Crippen LogP contribution in [0.5, 0.6) is 0 Å². The molecule has 1 fully saturated rings. The zero-order valence-corrected chi connectivity index (χ0v) is 14.3. The summed E-state index contributed by atoms with van der Waals surface area (Å²) in [7, 11) is -3.45. The average Bonchev–Trinajstić information content (AvgIpc) is 2.98. The van der Waals surface area contributed by atoms with E-state index in [9.17, 15) is 13.2 Å². The first-order valence-corrected chi connectivity index (χ1v) is 9.32. The van der Waals surface area contributed by atoms with Crippen molar-refractivity contribution >= 4 is 15.9 Å². The lowest BCUT2D eigenvalue weighted by atomic mass is 10.0. The topological polar surface area (TPSA) is 110 Å². The molecule has 0 unspecified atom stereocenters. The number of aromatic nitrogens is 1. The van der Waals surface area contributed by atoms with Crippen molar-refractivity contribution in [3.63, 3.8) is 0 Å². The molecule has 1 aromatic rings. The van der Waals surface area contributed by atoms with Crippen LogP contribution in [0.1, 0.15) is 26.0 Å². The summed E-state index contributed by atoms with van der Waals surface area (Å²) in [6.45, 7) is 5.31. The van der Waals surface area contributed by atoms with Crippen molar-refractivity contribution in [2.24, 2.45) is 11.7 Å². The molecule has 0 spiro atoms. The summed E-state index contributed by atoms with van der Waals surface area (Å²) in [5.41, 5.74) is 6.30. The van der Waals surface area contributed by atoms with Crippen molar-refractivity contribution in [1.29, 1.82) is 0 Å². The van der Waals surface area contributed by atoms with E-state index in [1.54, 1.807) is 4.90 Å². The second kappa shape index (κ2) is 7.41. The SMILES string of the molecule is CC(C)C[C@H](N)C(=O)N1CCN(S(=O)(=O)Cc2ccon2)CC1. The fourth-order valence-corrected chi connectivity index (χ4v) is 4.04. The molecule has 1 saturated heterocycles. The van der Waals surface area contributed by atoms with Crippen LogP contribution in [0, 0.1) is 5.92 Å². The van der Waals surface area contributed by atoms with E-state index >= 15 is 0 Å². The van der Waals surface area contributed by atoms with Gasteiger partial charge in [0.25, 0.3) is 0 Å². The number of hydrogen-bond donors (Lipinski definition) is 1. The fourth-order valence-electron chi connectivity index (χ4n) is 2.62. The van der Waals surface area contributed by atoms with Crippen molar-refractivity contribution in [3.8, 4) is 0 Å². The second-order valence-electron chi connectivity index (χ2n) is 6.21. The molecule has 8 nitrogen and oxygen atoms in total. The summed E-state index contributed by atoms with van der Waals surface area (Å²) in [5, 5.41) is 3.63. The molecular formula is C14H24N4O4S. The first kappa shape index (κ1) is 17.9. The number of nitrogens with two attached hydrogens (primary N) is 1. The third-order valence-corrected chi connectivity index (χ3v) is 5.62. The largest absolute Gasteiger partial charge is 0.364 e. The highest BCUT2D eigenvalue weighted by Gasteiger charge is 2.31. The van der Waals surface area contributed by atoms with Gasteiger partial charge in [-0.25, -0.2) is 8.42 Å². The highest BCUT2D eigenvalue weighted by Crippen LogP contribution is 2.14. The van der Waals surface area contributed by atoms with Gasteiger partial charge >= 0.3 is 0 Å². The van der Waals surface area contributed by atoms with Gasteiger partial charge in [-0.2, -0.15) is 4.31 Å². The minimum absolute atomic E-state index is 0.104. The van der Waals surface area contributed by atoms with Crippen LogP contribution in [0.2, 0.25) is 0 Å². The molecule has 1 aliphatic rings. The standard InChI is InChI=1S/C14H24N4O4S/c1-11(2)9-13(15)14(19)17-4-6-18(7-5-17)23(20,21)10-12-3-8-22-16-12/h3,8,11,13H,4-7,9-10,15H2,1-2H3/t13-/m0/s1. The Morgan fingerprint density at radius 2 is 2.00 bits per heavy atom. The van der Waals surface area contributed by atoms with Gasteiger partial charge in [-0.3, -0.25) is 4.79 Å². The predicted octanol–water partition coefficient (Wildman–Crippen LogP) is 0.0220. The highest BCUT2D eigenvalue weighted by molar-refractivity contribution is 7.88. The number of hydrogen-bond acceptors (Lipinski definition) is 6. The Balaban J connectivity index is 1.89. The molecule has 1 amide bonds. The predicted molar refractivity (Wildman–Crippen MR) is 84.7 cm³/mol. The van der Waals surface area contributed by atoms with Crippen molar-refractivity contribution in [2.75, 3.05) is 26.2 Å². The van der Waals surface area contributed by atoms with Crippen LogP contribution < -0.4 is 5.73 Å². The van der Waals surface area contributed by atoms with Crippen LogP contribution in [0.3, 0.4) is 0 Å². The molecule has 0 aliphatic carbocycles. The van der Waals surface area contributed by atoms with Gasteiger partial charge in [0.05, 0.1) is 11.7 Å². The molecule has 9 heteroatoms. The van der Waals surface area contributed by atoms with Gasteiger partial charge in [0.1, 0.15) is 12.0 Å². The summed E-state index contributed by atoms with van der Waals surface area (Å²) >= 11 is 0. The minimum atomic E-state index is -3.45. The van der Waals surface area contributed by atoms with Crippen molar-refractivity contribution in [2.45, 2.75) is 32.1 Å². The number of rotatable bonds is 6. The molecule has 0 radical (unpaired) electrons. The highest BCUT2D eigenvalue weighted by atomic mass is 32.2. The van der Waals surface area contributed by atoms with Gasteiger partial charge in [0, 0.05) is 32.2 Å². The third kappa shape index (κ3) is 4.76. The molecule has 23 heavy (non-hydrogen) atoms. The van der Waals surface area contributed by atoms with E-state index in [0.29, 0.717) is 31.1 Å². The molecule has 2 N–H and O–H groups in total. The molecule has 130 valence electrons. The van der Waals surface area contributed by atoms with E-state index in [0.717, 1.165) is 0 Å². The molecular weight excluding hydrogens is 320 g/mol. The Labute approximate surface area is 136 Å². The van der Waals surface area contributed by atoms with Crippen LogP contribution in [0.25, 0.3) is 0 Å². The number of sulfonamides is 1. The number of amides is 1. The lowest BCUT2D eigenvalue weighted by molar-refractivity contribution is -0.134. The minimum Gasteiger partial charge on any atom is -0.364 e. The maximum Gasteiger partial charge on any atom is 0.239 e. The van der Waals surface area contributed by atoms with Gasteiger partial charge in [-0.05, 0) is 12.3 Å². The molecule has 2 heterocycles. The number of nitrogens with zero attached hydrogens (tertiary/aromatic N) is 3. The number of piperazine rings is 1. The van der Waals surface area contributed by atoms with Crippen LogP contribution in [0.15, 0.2) is 16.9 Å². The zero-order valence-electron chi connectivity index (χ0n) is 13.5. The third-order valence-electron chi connectivity index (χ3n) is 3.81. The van der Waals surface area contributed by atoms with E-state index in [2.05, 4.69) is 9.68 Å². The van der Waals surface area contributed by atoms with Gasteiger partial charge in [-0.1, -0.05) is 19.0 Å². The van der Waals surface area contributed by atoms with E-state index < -0.39 is 16.1 Å². The van der Waals surface area contributed by atoms with Crippen LogP contribution >= 0.6 is 0 Å². The van der Waals surface area contributed by atoms with Crippen LogP contribution in [0.4, 0.5) is 0 Å². The molecule has 1 aliphatic heterocycles. The van der Waals surface area contributed by atoms with Gasteiger partial charge in [-0.15, -0.1) is 0 Å². The van der Waals surface area contributed by atoms with Crippen LogP contribution in [-0.4, -0.2) is 60.9 Å². The smallest absolute Gasteiger partial charge is 0.239 e. The molecule has 0 bridgehead atoms. The monoisotopic (exact) mass is 344 g/mol. The number of carbonyl (C=O) groups is 1. The summed E-state index contributed by atoms with van der Waals surface area (Å²) in [6.07, 6.45) is 1.97. The summed E-state index contributed by atoms with van der Waals surface area (Å²) in [4.78, 5) is 13.9. The van der Waals surface area contributed by atoms with E-state index in [1.165, 1.54) is 16.6 Å². The average molecular weight is 344 g/mol. The normalized spacial score (nSPS) is 18.3. The van der Waals surface area contributed by atoms with E-state index in [-0.39, 0.29) is 24.7 Å². The van der Waals surface area contributed by atoms with Crippen LogP contribution in [-0.2, 0) is 20.6 Å². The fraction of sp³-hybridized carbons (Fsp3) is 0.714. The maximum atomic E-state index is 12.3. The Morgan fingerprint density at radius 3 is 2.52 bits per heavy atom. The lowest BCUT2D eigenvalue weighted by Crippen LogP contribution is -2.54. The molecule has 0 saturated carbocycles.